The normalized spacial score (nSPS) is 29.8. The Morgan fingerprint density at radius 1 is 1.32 bits per heavy atom. The zero-order valence-electron chi connectivity index (χ0n) is 15.3. The summed E-state index contributed by atoms with van der Waals surface area (Å²) in [6.45, 7) is 6.98. The topological polar surface area (TPSA) is 65.9 Å². The number of hydrogen-bond donors (Lipinski definition) is 3. The van der Waals surface area contributed by atoms with Gasteiger partial charge in [-0.2, -0.15) is 5.10 Å². The minimum Gasteiger partial charge on any atom is -0.504 e. The van der Waals surface area contributed by atoms with E-state index in [1.54, 1.807) is 24.4 Å². The molecule has 0 saturated heterocycles. The smallest absolute Gasteiger partial charge is 0.187 e. The third kappa shape index (κ3) is 3.08. The molecule has 3 atom stereocenters. The first-order chi connectivity index (χ1) is 11.8. The fourth-order valence-electron chi connectivity index (χ4n) is 4.58. The maximum Gasteiger partial charge on any atom is 0.187 e. The summed E-state index contributed by atoms with van der Waals surface area (Å²) < 4.78 is 5.10. The van der Waals surface area contributed by atoms with Crippen molar-refractivity contribution in [1.29, 1.82) is 0 Å². The number of ether oxygens (including phenoxy) is 1. The highest BCUT2D eigenvalue weighted by molar-refractivity contribution is 7.80. The molecule has 25 heavy (non-hydrogen) atoms. The first kappa shape index (κ1) is 18.0. The summed E-state index contributed by atoms with van der Waals surface area (Å²) in [5.74, 6) is 1.96. The highest BCUT2D eigenvalue weighted by atomic mass is 32.1. The number of nitrogens with zero attached hydrogens (tertiary/aromatic N) is 1. The lowest BCUT2D eigenvalue weighted by atomic mass is 9.64. The molecule has 5 nitrogen and oxygen atoms in total. The van der Waals surface area contributed by atoms with Crippen molar-refractivity contribution in [1.82, 2.24) is 10.7 Å². The van der Waals surface area contributed by atoms with E-state index in [4.69, 9.17) is 17.0 Å². The summed E-state index contributed by atoms with van der Waals surface area (Å²) in [6, 6.07) is 5.06. The van der Waals surface area contributed by atoms with Crippen molar-refractivity contribution < 1.29 is 9.84 Å². The Bertz CT molecular complexity index is 704. The average Bonchev–Trinajstić information content (AvgIpc) is 3.12. The van der Waals surface area contributed by atoms with Crippen molar-refractivity contribution in [2.45, 2.75) is 45.6 Å². The van der Waals surface area contributed by atoms with E-state index in [1.807, 2.05) is 0 Å². The number of aromatic hydroxyl groups is 1. The Hall–Kier alpha value is -1.82. The van der Waals surface area contributed by atoms with E-state index >= 15 is 0 Å². The van der Waals surface area contributed by atoms with Gasteiger partial charge in [0.15, 0.2) is 16.6 Å². The lowest BCUT2D eigenvalue weighted by molar-refractivity contribution is 0.0833. The van der Waals surface area contributed by atoms with Gasteiger partial charge in [0.25, 0.3) is 0 Å². The van der Waals surface area contributed by atoms with Gasteiger partial charge in [-0.15, -0.1) is 0 Å². The van der Waals surface area contributed by atoms with Gasteiger partial charge in [0, 0.05) is 5.54 Å². The number of thiocarbonyl (C=S) groups is 1. The Labute approximate surface area is 154 Å². The van der Waals surface area contributed by atoms with Gasteiger partial charge in [-0.25, -0.2) is 0 Å². The predicted molar refractivity (Wildman–Crippen MR) is 104 cm³/mol. The van der Waals surface area contributed by atoms with Gasteiger partial charge in [0.1, 0.15) is 0 Å². The quantitative estimate of drug-likeness (QED) is 0.436. The molecule has 0 aliphatic heterocycles. The number of hydrazone groups is 1. The van der Waals surface area contributed by atoms with Gasteiger partial charge in [0.2, 0.25) is 0 Å². The molecule has 0 radical (unpaired) electrons. The highest BCUT2D eigenvalue weighted by Crippen LogP contribution is 2.61. The average molecular weight is 362 g/mol. The van der Waals surface area contributed by atoms with Crippen LogP contribution in [0.5, 0.6) is 11.5 Å². The molecule has 2 bridgehead atoms. The van der Waals surface area contributed by atoms with E-state index in [2.05, 4.69) is 36.6 Å². The van der Waals surface area contributed by atoms with E-state index < -0.39 is 0 Å². The Balaban J connectivity index is 1.62. The van der Waals surface area contributed by atoms with E-state index in [-0.39, 0.29) is 16.7 Å². The van der Waals surface area contributed by atoms with Crippen molar-refractivity contribution in [3.8, 4) is 11.5 Å². The van der Waals surface area contributed by atoms with Crippen LogP contribution in [-0.2, 0) is 0 Å². The fraction of sp³-hybridized carbons (Fsp3) is 0.579. The first-order valence-electron chi connectivity index (χ1n) is 8.76. The number of hydrogen-bond acceptors (Lipinski definition) is 4. The zero-order chi connectivity index (χ0) is 18.2. The van der Waals surface area contributed by atoms with Crippen LogP contribution in [0, 0.1) is 17.3 Å². The number of benzene rings is 1. The fourth-order valence-corrected chi connectivity index (χ4v) is 4.84. The van der Waals surface area contributed by atoms with E-state index in [0.717, 1.165) is 11.5 Å². The van der Waals surface area contributed by atoms with Crippen molar-refractivity contribution in [3.63, 3.8) is 0 Å². The molecule has 0 amide bonds. The third-order valence-electron chi connectivity index (χ3n) is 6.56. The lowest BCUT2D eigenvalue weighted by Crippen LogP contribution is -2.60. The van der Waals surface area contributed by atoms with Gasteiger partial charge >= 0.3 is 0 Å². The second kappa shape index (κ2) is 6.48. The predicted octanol–water partition coefficient (Wildman–Crippen LogP) is 3.41. The van der Waals surface area contributed by atoms with E-state index in [0.29, 0.717) is 16.8 Å². The summed E-state index contributed by atoms with van der Waals surface area (Å²) in [7, 11) is 1.52. The zero-order valence-corrected chi connectivity index (χ0v) is 16.1. The second-order valence-electron chi connectivity index (χ2n) is 7.89. The first-order valence-corrected chi connectivity index (χ1v) is 9.17. The van der Waals surface area contributed by atoms with Crippen LogP contribution in [0.25, 0.3) is 0 Å². The monoisotopic (exact) mass is 361 g/mol. The Morgan fingerprint density at radius 3 is 2.68 bits per heavy atom. The molecule has 2 saturated carbocycles. The molecule has 2 aliphatic rings. The minimum absolute atomic E-state index is 0.00270. The molecule has 6 heteroatoms. The number of fused-ring (bicyclic) bond motifs is 2. The van der Waals surface area contributed by atoms with Crippen LogP contribution in [-0.4, -0.2) is 29.1 Å². The summed E-state index contributed by atoms with van der Waals surface area (Å²) >= 11 is 5.46. The molecule has 0 aromatic heterocycles. The van der Waals surface area contributed by atoms with Crippen LogP contribution < -0.4 is 15.5 Å². The van der Waals surface area contributed by atoms with Gasteiger partial charge < -0.3 is 15.2 Å². The van der Waals surface area contributed by atoms with Crippen LogP contribution in [0.15, 0.2) is 23.3 Å². The molecule has 1 aromatic rings. The van der Waals surface area contributed by atoms with Gasteiger partial charge in [-0.05, 0) is 79.4 Å². The van der Waals surface area contributed by atoms with Crippen LogP contribution in [0.2, 0.25) is 0 Å². The highest BCUT2D eigenvalue weighted by Gasteiger charge is 2.60. The summed E-state index contributed by atoms with van der Waals surface area (Å²) in [5.41, 5.74) is 3.95. The molecule has 1 aromatic carbocycles. The van der Waals surface area contributed by atoms with Crippen molar-refractivity contribution in [2.75, 3.05) is 7.11 Å². The summed E-state index contributed by atoms with van der Waals surface area (Å²) in [4.78, 5) is 0. The van der Waals surface area contributed by atoms with E-state index in [1.165, 1.54) is 26.4 Å². The maximum atomic E-state index is 9.62. The molecular formula is C19H27N3O2S. The van der Waals surface area contributed by atoms with Gasteiger partial charge in [-0.1, -0.05) is 13.8 Å². The molecule has 3 N–H and O–H groups in total. The lowest BCUT2D eigenvalue weighted by Gasteiger charge is -2.48. The SMILES string of the molecule is COc1cc(/C=N/NC(=S)NC2(C)C3CCC(C3)C2(C)C)ccc1O. The molecule has 2 aliphatic carbocycles. The molecule has 136 valence electrons. The number of phenolic OH excluding ortho intramolecular Hbond substituents is 1. The van der Waals surface area contributed by atoms with Crippen molar-refractivity contribution in [3.05, 3.63) is 23.8 Å². The van der Waals surface area contributed by atoms with Crippen LogP contribution in [0.4, 0.5) is 0 Å². The molecule has 3 unspecified atom stereocenters. The van der Waals surface area contributed by atoms with Crippen LogP contribution in [0.1, 0.15) is 45.6 Å². The number of nitrogens with one attached hydrogen (secondary N) is 2. The third-order valence-corrected chi connectivity index (χ3v) is 6.76. The molecular weight excluding hydrogens is 334 g/mol. The standard InChI is InChI=1S/C19H27N3O2S/c1-18(2)13-6-7-14(10-13)19(18,3)21-17(25)22-20-11-12-5-8-15(23)16(9-12)24-4/h5,8-9,11,13-14,23H,6-7,10H2,1-4H3,(H2,21,22,25)/b20-11+. The number of rotatable bonds is 4. The molecule has 3 rings (SSSR count). The molecule has 2 fully saturated rings. The van der Waals surface area contributed by atoms with Gasteiger partial charge in [-0.3, -0.25) is 5.43 Å². The van der Waals surface area contributed by atoms with Crippen LogP contribution in [0.3, 0.4) is 0 Å². The molecule has 0 heterocycles. The minimum atomic E-state index is -0.00270. The van der Waals surface area contributed by atoms with E-state index in [9.17, 15) is 5.11 Å². The molecule has 0 spiro atoms. The number of phenols is 1. The summed E-state index contributed by atoms with van der Waals surface area (Å²) in [5, 5.41) is 17.9. The summed E-state index contributed by atoms with van der Waals surface area (Å²) in [6.07, 6.45) is 5.55. The van der Waals surface area contributed by atoms with Crippen LogP contribution >= 0.6 is 12.2 Å². The van der Waals surface area contributed by atoms with Gasteiger partial charge in [0.05, 0.1) is 13.3 Å². The maximum absolute atomic E-state index is 9.62. The number of methoxy groups -OCH3 is 1. The largest absolute Gasteiger partial charge is 0.504 e. The second-order valence-corrected chi connectivity index (χ2v) is 8.29. The van der Waals surface area contributed by atoms with Crippen molar-refractivity contribution in [2.24, 2.45) is 22.4 Å². The Kier molecular flexibility index (Phi) is 4.66. The van der Waals surface area contributed by atoms with Crippen molar-refractivity contribution >= 4 is 23.5 Å². The Morgan fingerprint density at radius 2 is 2.04 bits per heavy atom.